The zero-order chi connectivity index (χ0) is 25.6. The third-order valence-electron chi connectivity index (χ3n) is 6.18. The molecule has 2 bridgehead atoms. The molecule has 0 fully saturated rings. The van der Waals surface area contributed by atoms with Crippen molar-refractivity contribution in [3.63, 3.8) is 0 Å². The van der Waals surface area contributed by atoms with Gasteiger partial charge in [0.2, 0.25) is 11.8 Å². The molecule has 4 N–H and O–H groups in total. The third kappa shape index (κ3) is 4.01. The molecule has 0 saturated carbocycles. The molecule has 0 saturated heterocycles. The Bertz CT molecular complexity index is 1320. The lowest BCUT2D eigenvalue weighted by molar-refractivity contribution is -0.124. The van der Waals surface area contributed by atoms with Crippen molar-refractivity contribution in [2.45, 2.75) is 25.7 Å². The number of hydrogen-bond acceptors (Lipinski definition) is 9. The monoisotopic (exact) mass is 496 g/mol. The van der Waals surface area contributed by atoms with E-state index in [1.807, 2.05) is 0 Å². The van der Waals surface area contributed by atoms with Crippen molar-refractivity contribution in [3.05, 3.63) is 53.0 Å². The van der Waals surface area contributed by atoms with Gasteiger partial charge in [-0.1, -0.05) is 0 Å². The number of hydrazone groups is 1. The summed E-state index contributed by atoms with van der Waals surface area (Å²) >= 11 is 0. The number of aromatic nitrogens is 2. The first kappa shape index (κ1) is 23.3. The highest BCUT2D eigenvalue weighted by Gasteiger charge is 2.43. The van der Waals surface area contributed by atoms with Gasteiger partial charge >= 0.3 is 5.97 Å². The molecule has 13 heteroatoms. The number of carbonyl (C=O) groups excluding carboxylic acids is 2. The lowest BCUT2D eigenvalue weighted by atomic mass is 10.0. The number of nitrogens with one attached hydrogen (secondary N) is 4. The standard InChI is InChI=1S/C23H25FN8O4/c1-11-6-27-21(33)15-9-29-32-18(25)17(13-5-16(23(34)35-3)31(2)10-13)19(30-20(15)32)26-7-12-4-14(24)8-28-22(12)36-11/h4-5,8-11,15,20,25-26,30H,6-7H2,1-3H3,(H,27,33)/t11-,15?,20?/m0/s1. The molecule has 2 aromatic heterocycles. The molecule has 3 atom stereocenters. The highest BCUT2D eigenvalue weighted by atomic mass is 19.1. The van der Waals surface area contributed by atoms with Crippen LogP contribution < -0.4 is 20.7 Å². The number of aryl methyl sites for hydroxylation is 1. The van der Waals surface area contributed by atoms with E-state index in [2.05, 4.69) is 26.0 Å². The average Bonchev–Trinajstić information content (AvgIpc) is 3.45. The van der Waals surface area contributed by atoms with Crippen molar-refractivity contribution in [1.82, 2.24) is 30.5 Å². The molecule has 2 aromatic rings. The molecule has 0 aromatic carbocycles. The summed E-state index contributed by atoms with van der Waals surface area (Å²) in [6, 6.07) is 2.93. The van der Waals surface area contributed by atoms with Gasteiger partial charge in [-0.25, -0.2) is 19.2 Å². The van der Waals surface area contributed by atoms with Gasteiger partial charge in [-0.3, -0.25) is 10.2 Å². The van der Waals surface area contributed by atoms with Crippen LogP contribution in [0.25, 0.3) is 5.57 Å². The second kappa shape index (κ2) is 8.98. The van der Waals surface area contributed by atoms with Crippen LogP contribution in [0.5, 0.6) is 5.88 Å². The molecule has 2 unspecified atom stereocenters. The number of pyridine rings is 1. The first-order valence-corrected chi connectivity index (χ1v) is 11.3. The maximum absolute atomic E-state index is 14.1. The Kier molecular flexibility index (Phi) is 5.82. The number of ether oxygens (including phenoxy) is 2. The summed E-state index contributed by atoms with van der Waals surface area (Å²) in [6.45, 7) is 2.09. The lowest BCUT2D eigenvalue weighted by Crippen LogP contribution is -2.56. The van der Waals surface area contributed by atoms with Crippen molar-refractivity contribution >= 4 is 29.5 Å². The van der Waals surface area contributed by atoms with Crippen LogP contribution in [0.2, 0.25) is 0 Å². The number of hydrogen-bond donors (Lipinski definition) is 4. The minimum Gasteiger partial charge on any atom is -0.473 e. The first-order valence-electron chi connectivity index (χ1n) is 11.3. The maximum Gasteiger partial charge on any atom is 0.354 e. The smallest absolute Gasteiger partial charge is 0.354 e. The second-order valence-corrected chi connectivity index (χ2v) is 8.68. The zero-order valence-corrected chi connectivity index (χ0v) is 19.8. The van der Waals surface area contributed by atoms with Gasteiger partial charge in [0, 0.05) is 37.1 Å². The van der Waals surface area contributed by atoms with E-state index in [0.717, 1.165) is 6.20 Å². The Balaban J connectivity index is 1.61. The van der Waals surface area contributed by atoms with Crippen LogP contribution in [-0.2, 0) is 23.1 Å². The lowest BCUT2D eigenvalue weighted by Gasteiger charge is -2.36. The highest BCUT2D eigenvalue weighted by molar-refractivity contribution is 6.23. The molecule has 5 heterocycles. The number of rotatable bonds is 2. The molecular formula is C23H25FN8O4. The molecule has 0 aliphatic carbocycles. The zero-order valence-electron chi connectivity index (χ0n) is 19.8. The van der Waals surface area contributed by atoms with Gasteiger partial charge in [0.05, 0.1) is 25.4 Å². The van der Waals surface area contributed by atoms with Gasteiger partial charge in [0.1, 0.15) is 35.5 Å². The number of fused-ring (bicyclic) bond motifs is 2. The number of nitrogens with zero attached hydrogens (tertiary/aromatic N) is 4. The number of halogens is 1. The summed E-state index contributed by atoms with van der Waals surface area (Å²) in [5.41, 5.74) is 1.70. The number of amides is 1. The van der Waals surface area contributed by atoms with E-state index in [-0.39, 0.29) is 30.7 Å². The fraction of sp³-hybridized carbons (Fsp3) is 0.348. The van der Waals surface area contributed by atoms with E-state index in [1.54, 1.807) is 30.8 Å². The van der Waals surface area contributed by atoms with E-state index in [1.165, 1.54) is 24.4 Å². The van der Waals surface area contributed by atoms with Crippen LogP contribution >= 0.6 is 0 Å². The van der Waals surface area contributed by atoms with Gasteiger partial charge in [0.15, 0.2) is 5.84 Å². The quantitative estimate of drug-likeness (QED) is 0.441. The molecule has 3 aliphatic rings. The summed E-state index contributed by atoms with van der Waals surface area (Å²) in [5.74, 6) is -1.36. The minimum atomic E-state index is -0.684. The predicted octanol–water partition coefficient (Wildman–Crippen LogP) is 0.525. The molecule has 12 nitrogen and oxygen atoms in total. The Morgan fingerprint density at radius 2 is 2.14 bits per heavy atom. The molecule has 3 aliphatic heterocycles. The topological polar surface area (TPSA) is 146 Å². The van der Waals surface area contributed by atoms with Crippen LogP contribution in [0.3, 0.4) is 0 Å². The van der Waals surface area contributed by atoms with Gasteiger partial charge in [-0.05, 0) is 19.1 Å². The van der Waals surface area contributed by atoms with Crippen molar-refractivity contribution < 1.29 is 23.5 Å². The van der Waals surface area contributed by atoms with Gasteiger partial charge in [-0.15, -0.1) is 0 Å². The van der Waals surface area contributed by atoms with Crippen LogP contribution in [0.1, 0.15) is 28.5 Å². The first-order chi connectivity index (χ1) is 17.3. The Hall–Kier alpha value is -4.42. The SMILES string of the molecule is COC(=O)c1cc(C2=C3NCc4cc(F)cnc4O[C@@H](C)CNC(=O)C4C=NN(C2=N)C4N3)cn1C. The van der Waals surface area contributed by atoms with Crippen LogP contribution in [0, 0.1) is 17.1 Å². The summed E-state index contributed by atoms with van der Waals surface area (Å²) in [4.78, 5) is 29.2. The summed E-state index contributed by atoms with van der Waals surface area (Å²) in [5, 5.41) is 24.0. The Labute approximate surface area is 205 Å². The average molecular weight is 497 g/mol. The Morgan fingerprint density at radius 3 is 2.92 bits per heavy atom. The fourth-order valence-electron chi connectivity index (χ4n) is 4.37. The molecular weight excluding hydrogens is 471 g/mol. The van der Waals surface area contributed by atoms with Crippen molar-refractivity contribution in [2.75, 3.05) is 13.7 Å². The molecule has 36 heavy (non-hydrogen) atoms. The normalized spacial score (nSPS) is 23.3. The molecule has 0 radical (unpaired) electrons. The summed E-state index contributed by atoms with van der Waals surface area (Å²) < 4.78 is 26.4. The second-order valence-electron chi connectivity index (χ2n) is 8.68. The van der Waals surface area contributed by atoms with Crippen LogP contribution in [-0.4, -0.2) is 64.4 Å². The predicted molar refractivity (Wildman–Crippen MR) is 126 cm³/mol. The van der Waals surface area contributed by atoms with E-state index in [0.29, 0.717) is 28.2 Å². The molecule has 188 valence electrons. The van der Waals surface area contributed by atoms with Gasteiger partial charge in [-0.2, -0.15) is 5.10 Å². The fourth-order valence-corrected chi connectivity index (χ4v) is 4.37. The Morgan fingerprint density at radius 1 is 1.33 bits per heavy atom. The van der Waals surface area contributed by atoms with Crippen molar-refractivity contribution in [1.29, 1.82) is 5.41 Å². The molecule has 0 spiro atoms. The van der Waals surface area contributed by atoms with E-state index < -0.39 is 30.0 Å². The van der Waals surface area contributed by atoms with Crippen molar-refractivity contribution in [3.8, 4) is 5.88 Å². The van der Waals surface area contributed by atoms with Crippen LogP contribution in [0.15, 0.2) is 35.4 Å². The number of methoxy groups -OCH3 is 1. The highest BCUT2D eigenvalue weighted by Crippen LogP contribution is 2.32. The summed E-state index contributed by atoms with van der Waals surface area (Å²) in [6.07, 6.45) is 3.16. The number of carbonyl (C=O) groups is 2. The minimum absolute atomic E-state index is 0.0203. The van der Waals surface area contributed by atoms with Crippen molar-refractivity contribution in [2.24, 2.45) is 18.1 Å². The molecule has 1 amide bonds. The van der Waals surface area contributed by atoms with E-state index in [9.17, 15) is 14.0 Å². The van der Waals surface area contributed by atoms with E-state index >= 15 is 0 Å². The van der Waals surface area contributed by atoms with Crippen LogP contribution in [0.4, 0.5) is 4.39 Å². The summed E-state index contributed by atoms with van der Waals surface area (Å²) in [7, 11) is 2.99. The maximum atomic E-state index is 14.1. The number of esters is 1. The van der Waals surface area contributed by atoms with Gasteiger partial charge in [0.25, 0.3) is 0 Å². The van der Waals surface area contributed by atoms with E-state index in [4.69, 9.17) is 14.9 Å². The third-order valence-corrected chi connectivity index (χ3v) is 6.18. The number of amidine groups is 1. The molecule has 5 rings (SSSR count). The van der Waals surface area contributed by atoms with Gasteiger partial charge < -0.3 is 30.0 Å². The largest absolute Gasteiger partial charge is 0.473 e.